The minimum absolute atomic E-state index is 0.230. The summed E-state index contributed by atoms with van der Waals surface area (Å²) in [4.78, 5) is 0. The largest absolute Gasteiger partial charge is 0.314 e. The van der Waals surface area contributed by atoms with Gasteiger partial charge in [0.25, 0.3) is 0 Å². The van der Waals surface area contributed by atoms with Gasteiger partial charge in [0.15, 0.2) is 11.6 Å². The highest BCUT2D eigenvalue weighted by atomic mass is 19.2. The van der Waals surface area contributed by atoms with Crippen LogP contribution in [-0.4, -0.2) is 16.8 Å². The normalized spacial score (nSPS) is 10.8. The van der Waals surface area contributed by atoms with E-state index in [2.05, 4.69) is 10.4 Å². The second kappa shape index (κ2) is 5.05. The Kier molecular flexibility index (Phi) is 3.49. The number of hydrogen-bond acceptors (Lipinski definition) is 2. The van der Waals surface area contributed by atoms with E-state index in [1.165, 1.54) is 6.07 Å². The second-order valence-electron chi connectivity index (χ2n) is 3.72. The average Bonchev–Trinajstić information content (AvgIpc) is 2.73. The van der Waals surface area contributed by atoms with Crippen LogP contribution in [0.1, 0.15) is 11.3 Å². The maximum absolute atomic E-state index is 13.5. The number of hydrogen-bond donors (Lipinski definition) is 1. The summed E-state index contributed by atoms with van der Waals surface area (Å²) in [5, 5.41) is 7.08. The van der Waals surface area contributed by atoms with Gasteiger partial charge in [0.05, 0.1) is 12.2 Å². The Balaban J connectivity index is 2.25. The van der Waals surface area contributed by atoms with Crippen molar-refractivity contribution < 1.29 is 8.78 Å². The summed E-state index contributed by atoms with van der Waals surface area (Å²) in [7, 11) is 1.82. The van der Waals surface area contributed by atoms with Crippen LogP contribution in [-0.2, 0) is 13.1 Å². The van der Waals surface area contributed by atoms with E-state index >= 15 is 0 Å². The minimum atomic E-state index is -0.829. The molecular formula is C12H13F2N3. The molecule has 5 heteroatoms. The van der Waals surface area contributed by atoms with Gasteiger partial charge >= 0.3 is 0 Å². The van der Waals surface area contributed by atoms with Gasteiger partial charge in [-0.05, 0) is 19.2 Å². The van der Waals surface area contributed by atoms with Crippen molar-refractivity contribution in [3.05, 3.63) is 53.4 Å². The zero-order chi connectivity index (χ0) is 12.3. The fraction of sp³-hybridized carbons (Fsp3) is 0.250. The molecule has 1 heterocycles. The molecule has 1 aromatic carbocycles. The van der Waals surface area contributed by atoms with Gasteiger partial charge in [-0.2, -0.15) is 5.10 Å². The average molecular weight is 237 g/mol. The van der Waals surface area contributed by atoms with E-state index in [0.717, 1.165) is 11.8 Å². The summed E-state index contributed by atoms with van der Waals surface area (Å²) in [6.45, 7) is 0.866. The SMILES string of the molecule is CNCc1ccnn1Cc1cccc(F)c1F. The molecular weight excluding hydrogens is 224 g/mol. The Bertz CT molecular complexity index is 508. The highest BCUT2D eigenvalue weighted by Crippen LogP contribution is 2.13. The first-order valence-corrected chi connectivity index (χ1v) is 5.30. The molecule has 0 radical (unpaired) electrons. The van der Waals surface area contributed by atoms with Crippen LogP contribution in [0.25, 0.3) is 0 Å². The van der Waals surface area contributed by atoms with Gasteiger partial charge < -0.3 is 5.32 Å². The van der Waals surface area contributed by atoms with Crippen LogP contribution in [0.3, 0.4) is 0 Å². The molecule has 0 saturated heterocycles. The third-order valence-corrected chi connectivity index (χ3v) is 2.51. The monoisotopic (exact) mass is 237 g/mol. The van der Waals surface area contributed by atoms with Crippen molar-refractivity contribution in [2.75, 3.05) is 7.05 Å². The first-order valence-electron chi connectivity index (χ1n) is 5.30. The van der Waals surface area contributed by atoms with Gasteiger partial charge in [-0.1, -0.05) is 12.1 Å². The van der Waals surface area contributed by atoms with E-state index in [9.17, 15) is 8.78 Å². The lowest BCUT2D eigenvalue weighted by molar-refractivity contribution is 0.489. The first kappa shape index (κ1) is 11.7. The molecule has 1 N–H and O–H groups in total. The summed E-state index contributed by atoms with van der Waals surface area (Å²) in [6, 6.07) is 6.00. The van der Waals surface area contributed by atoms with E-state index in [1.54, 1.807) is 16.9 Å². The highest BCUT2D eigenvalue weighted by molar-refractivity contribution is 5.19. The zero-order valence-corrected chi connectivity index (χ0v) is 9.45. The standard InChI is InChI=1S/C12H13F2N3/c1-15-7-10-5-6-16-17(10)8-9-3-2-4-11(13)12(9)14/h2-6,15H,7-8H2,1H3. The lowest BCUT2D eigenvalue weighted by Gasteiger charge is -2.08. The van der Waals surface area contributed by atoms with E-state index in [-0.39, 0.29) is 6.54 Å². The van der Waals surface area contributed by atoms with Crippen molar-refractivity contribution in [3.8, 4) is 0 Å². The predicted octanol–water partition coefficient (Wildman–Crippen LogP) is 1.93. The summed E-state index contributed by atoms with van der Waals surface area (Å²) < 4.78 is 28.2. The summed E-state index contributed by atoms with van der Waals surface area (Å²) >= 11 is 0. The molecule has 0 bridgehead atoms. The van der Waals surface area contributed by atoms with Gasteiger partial charge in [-0.25, -0.2) is 8.78 Å². The van der Waals surface area contributed by atoms with Crippen LogP contribution in [0, 0.1) is 11.6 Å². The van der Waals surface area contributed by atoms with Gasteiger partial charge in [-0.15, -0.1) is 0 Å². The number of halogens is 2. The van der Waals surface area contributed by atoms with Crippen LogP contribution >= 0.6 is 0 Å². The molecule has 17 heavy (non-hydrogen) atoms. The lowest BCUT2D eigenvalue weighted by Crippen LogP contribution is -2.13. The Labute approximate surface area is 98.1 Å². The quantitative estimate of drug-likeness (QED) is 0.880. The van der Waals surface area contributed by atoms with Crippen LogP contribution in [0.15, 0.2) is 30.5 Å². The lowest BCUT2D eigenvalue weighted by atomic mass is 10.2. The van der Waals surface area contributed by atoms with Crippen molar-refractivity contribution in [2.45, 2.75) is 13.1 Å². The molecule has 2 rings (SSSR count). The Morgan fingerprint density at radius 1 is 1.29 bits per heavy atom. The third-order valence-electron chi connectivity index (χ3n) is 2.51. The molecule has 1 aromatic heterocycles. The molecule has 0 unspecified atom stereocenters. The zero-order valence-electron chi connectivity index (χ0n) is 9.45. The molecule has 0 aliphatic carbocycles. The smallest absolute Gasteiger partial charge is 0.163 e. The summed E-state index contributed by atoms with van der Waals surface area (Å²) in [6.07, 6.45) is 1.64. The van der Waals surface area contributed by atoms with Crippen molar-refractivity contribution >= 4 is 0 Å². The molecule has 90 valence electrons. The van der Waals surface area contributed by atoms with Crippen LogP contribution in [0.5, 0.6) is 0 Å². The van der Waals surface area contributed by atoms with Gasteiger partial charge in [0.1, 0.15) is 0 Å². The van der Waals surface area contributed by atoms with E-state index < -0.39 is 11.6 Å². The molecule has 2 aromatic rings. The van der Waals surface area contributed by atoms with E-state index in [0.29, 0.717) is 12.1 Å². The van der Waals surface area contributed by atoms with Gasteiger partial charge in [0, 0.05) is 18.3 Å². The molecule has 0 saturated carbocycles. The Morgan fingerprint density at radius 3 is 2.88 bits per heavy atom. The third kappa shape index (κ3) is 2.50. The maximum atomic E-state index is 13.5. The summed E-state index contributed by atoms with van der Waals surface area (Å²) in [5.41, 5.74) is 1.22. The topological polar surface area (TPSA) is 29.9 Å². The molecule has 0 atom stereocenters. The fourth-order valence-corrected chi connectivity index (χ4v) is 1.67. The van der Waals surface area contributed by atoms with Crippen LogP contribution in [0.2, 0.25) is 0 Å². The van der Waals surface area contributed by atoms with Crippen LogP contribution < -0.4 is 5.32 Å². The number of nitrogens with zero attached hydrogens (tertiary/aromatic N) is 2. The second-order valence-corrected chi connectivity index (χ2v) is 3.72. The van der Waals surface area contributed by atoms with Crippen molar-refractivity contribution in [3.63, 3.8) is 0 Å². The number of aromatic nitrogens is 2. The number of nitrogens with one attached hydrogen (secondary N) is 1. The molecule has 0 spiro atoms. The number of benzene rings is 1. The van der Waals surface area contributed by atoms with Crippen molar-refractivity contribution in [1.82, 2.24) is 15.1 Å². The fourth-order valence-electron chi connectivity index (χ4n) is 1.67. The number of rotatable bonds is 4. The molecule has 0 aliphatic heterocycles. The van der Waals surface area contributed by atoms with Gasteiger partial charge in [-0.3, -0.25) is 4.68 Å². The molecule has 3 nitrogen and oxygen atoms in total. The van der Waals surface area contributed by atoms with Crippen molar-refractivity contribution in [1.29, 1.82) is 0 Å². The maximum Gasteiger partial charge on any atom is 0.163 e. The highest BCUT2D eigenvalue weighted by Gasteiger charge is 2.09. The molecule has 0 aliphatic rings. The Hall–Kier alpha value is -1.75. The van der Waals surface area contributed by atoms with E-state index in [1.807, 2.05) is 13.1 Å². The summed E-state index contributed by atoms with van der Waals surface area (Å²) in [5.74, 6) is -1.64. The molecule has 0 fully saturated rings. The van der Waals surface area contributed by atoms with E-state index in [4.69, 9.17) is 0 Å². The Morgan fingerprint density at radius 2 is 2.12 bits per heavy atom. The molecule has 0 amide bonds. The first-order chi connectivity index (χ1) is 8.22. The van der Waals surface area contributed by atoms with Gasteiger partial charge in [0.2, 0.25) is 0 Å². The predicted molar refractivity (Wildman–Crippen MR) is 60.5 cm³/mol. The van der Waals surface area contributed by atoms with Crippen molar-refractivity contribution in [2.24, 2.45) is 0 Å². The van der Waals surface area contributed by atoms with Crippen LogP contribution in [0.4, 0.5) is 8.78 Å². The minimum Gasteiger partial charge on any atom is -0.314 e.